The minimum Gasteiger partial charge on any atom is -0.325 e. The molecule has 0 aliphatic rings. The third kappa shape index (κ3) is 4.19. The van der Waals surface area contributed by atoms with Crippen molar-refractivity contribution < 1.29 is 9.72 Å². The first-order valence-corrected chi connectivity index (χ1v) is 8.03. The molecule has 2 aromatic rings. The van der Waals surface area contributed by atoms with E-state index in [-0.39, 0.29) is 11.6 Å². The lowest BCUT2D eigenvalue weighted by Crippen LogP contribution is -2.23. The number of benzene rings is 1. The molecular weight excluding hydrogens is 330 g/mol. The van der Waals surface area contributed by atoms with Gasteiger partial charge in [0.25, 0.3) is 5.69 Å². The highest BCUT2D eigenvalue weighted by atomic mass is 32.2. The minimum absolute atomic E-state index is 0.0746. The van der Waals surface area contributed by atoms with Crippen LogP contribution in [0.25, 0.3) is 0 Å². The number of nitro benzene ring substituents is 1. The van der Waals surface area contributed by atoms with Crippen LogP contribution < -0.4 is 5.32 Å². The Bertz CT molecular complexity index is 774. The molecule has 1 amide bonds. The van der Waals surface area contributed by atoms with E-state index in [0.717, 1.165) is 5.82 Å². The number of aryl methyl sites for hydroxylation is 1. The van der Waals surface area contributed by atoms with Crippen LogP contribution in [0.4, 0.5) is 11.4 Å². The Hall–Kier alpha value is -2.68. The molecule has 1 N–H and O–H groups in total. The van der Waals surface area contributed by atoms with Gasteiger partial charge in [-0.3, -0.25) is 14.9 Å². The highest BCUT2D eigenvalue weighted by molar-refractivity contribution is 8.00. The fraction of sp³-hybridized carbons (Fsp3) is 0.267. The van der Waals surface area contributed by atoms with Gasteiger partial charge in [-0.25, -0.2) is 0 Å². The van der Waals surface area contributed by atoms with Gasteiger partial charge in [0.1, 0.15) is 5.82 Å². The molecule has 0 bridgehead atoms. The third-order valence-electron chi connectivity index (χ3n) is 3.19. The van der Waals surface area contributed by atoms with Crippen molar-refractivity contribution in [1.29, 1.82) is 0 Å². The van der Waals surface area contributed by atoms with E-state index in [1.807, 2.05) is 11.5 Å². The number of nitrogens with zero attached hydrogens (tertiary/aromatic N) is 4. The van der Waals surface area contributed by atoms with E-state index >= 15 is 0 Å². The molecule has 1 heterocycles. The number of rotatable bonds is 7. The summed E-state index contributed by atoms with van der Waals surface area (Å²) in [6, 6.07) is 5.82. The number of hydrogen-bond acceptors (Lipinski definition) is 6. The van der Waals surface area contributed by atoms with Gasteiger partial charge in [0.05, 0.1) is 10.2 Å². The van der Waals surface area contributed by atoms with Crippen molar-refractivity contribution in [2.45, 2.75) is 30.8 Å². The van der Waals surface area contributed by atoms with Gasteiger partial charge in [0.15, 0.2) is 5.16 Å². The highest BCUT2D eigenvalue weighted by Gasteiger charge is 2.19. The topological polar surface area (TPSA) is 103 Å². The number of non-ortho nitro benzene ring substituents is 1. The first kappa shape index (κ1) is 17.7. The molecule has 9 heteroatoms. The second kappa shape index (κ2) is 7.73. The van der Waals surface area contributed by atoms with E-state index in [1.165, 1.54) is 30.0 Å². The summed E-state index contributed by atoms with van der Waals surface area (Å²) in [5.74, 6) is 0.468. The minimum atomic E-state index is -0.506. The zero-order valence-corrected chi connectivity index (χ0v) is 14.1. The lowest BCUT2D eigenvalue weighted by atomic mass is 10.2. The van der Waals surface area contributed by atoms with Crippen molar-refractivity contribution in [2.24, 2.45) is 0 Å². The van der Waals surface area contributed by atoms with Crippen LogP contribution in [-0.4, -0.2) is 30.8 Å². The molecule has 24 heavy (non-hydrogen) atoms. The Morgan fingerprint density at radius 1 is 1.54 bits per heavy atom. The Morgan fingerprint density at radius 3 is 2.96 bits per heavy atom. The van der Waals surface area contributed by atoms with E-state index < -0.39 is 10.2 Å². The summed E-state index contributed by atoms with van der Waals surface area (Å²) in [5, 5.41) is 21.7. The number of thioether (sulfide) groups is 1. The van der Waals surface area contributed by atoms with Crippen LogP contribution in [0.1, 0.15) is 12.7 Å². The normalized spacial score (nSPS) is 11.8. The van der Waals surface area contributed by atoms with Gasteiger partial charge >= 0.3 is 0 Å². The van der Waals surface area contributed by atoms with E-state index in [0.29, 0.717) is 17.4 Å². The monoisotopic (exact) mass is 347 g/mol. The molecular formula is C15H17N5O3S. The predicted octanol–water partition coefficient (Wildman–Crippen LogP) is 2.80. The van der Waals surface area contributed by atoms with Gasteiger partial charge in [0, 0.05) is 24.4 Å². The maximum Gasteiger partial charge on any atom is 0.271 e. The number of carbonyl (C=O) groups excluding carboxylic acids is 1. The molecule has 0 fully saturated rings. The van der Waals surface area contributed by atoms with Crippen molar-refractivity contribution in [3.05, 3.63) is 52.9 Å². The molecule has 1 aromatic heterocycles. The lowest BCUT2D eigenvalue weighted by molar-refractivity contribution is -0.384. The van der Waals surface area contributed by atoms with Gasteiger partial charge < -0.3 is 9.88 Å². The fourth-order valence-electron chi connectivity index (χ4n) is 1.94. The largest absolute Gasteiger partial charge is 0.325 e. The van der Waals surface area contributed by atoms with Crippen molar-refractivity contribution in [2.75, 3.05) is 5.32 Å². The number of allylic oxidation sites excluding steroid dienone is 1. The first-order chi connectivity index (χ1) is 11.4. The van der Waals surface area contributed by atoms with Gasteiger partial charge in [-0.1, -0.05) is 23.9 Å². The van der Waals surface area contributed by atoms with Crippen molar-refractivity contribution in [1.82, 2.24) is 14.8 Å². The second-order valence-electron chi connectivity index (χ2n) is 4.99. The molecule has 2 rings (SSSR count). The summed E-state index contributed by atoms with van der Waals surface area (Å²) in [6.45, 7) is 7.81. The maximum atomic E-state index is 12.3. The molecule has 1 atom stereocenters. The lowest BCUT2D eigenvalue weighted by Gasteiger charge is -2.12. The van der Waals surface area contributed by atoms with Gasteiger partial charge in [-0.2, -0.15) is 0 Å². The van der Waals surface area contributed by atoms with Crippen LogP contribution in [0, 0.1) is 17.0 Å². The maximum absolute atomic E-state index is 12.3. The summed E-state index contributed by atoms with van der Waals surface area (Å²) in [5.41, 5.74) is 0.305. The van der Waals surface area contributed by atoms with Crippen LogP contribution in [0.2, 0.25) is 0 Å². The summed E-state index contributed by atoms with van der Waals surface area (Å²) < 4.78 is 1.86. The Balaban J connectivity index is 2.06. The molecule has 0 spiro atoms. The zero-order chi connectivity index (χ0) is 17.7. The van der Waals surface area contributed by atoms with Gasteiger partial charge in [0.2, 0.25) is 5.91 Å². The average molecular weight is 347 g/mol. The Kier molecular flexibility index (Phi) is 5.69. The van der Waals surface area contributed by atoms with E-state index in [9.17, 15) is 14.9 Å². The van der Waals surface area contributed by atoms with Crippen LogP contribution >= 0.6 is 11.8 Å². The summed E-state index contributed by atoms with van der Waals surface area (Å²) >= 11 is 1.26. The van der Waals surface area contributed by atoms with E-state index in [2.05, 4.69) is 22.1 Å². The summed E-state index contributed by atoms with van der Waals surface area (Å²) in [7, 11) is 0. The average Bonchev–Trinajstić information content (AvgIpc) is 2.88. The van der Waals surface area contributed by atoms with Crippen LogP contribution in [0.3, 0.4) is 0 Å². The quantitative estimate of drug-likeness (QED) is 0.357. The molecule has 8 nitrogen and oxygen atoms in total. The SMILES string of the molecule is C=CCn1c(C)nnc1SC(C)C(=O)Nc1cccc([N+](=O)[O-])c1. The third-order valence-corrected chi connectivity index (χ3v) is 4.27. The smallest absolute Gasteiger partial charge is 0.271 e. The summed E-state index contributed by atoms with van der Waals surface area (Å²) in [6.07, 6.45) is 1.73. The zero-order valence-electron chi connectivity index (χ0n) is 13.3. The number of aromatic nitrogens is 3. The molecule has 0 aliphatic heterocycles. The number of amides is 1. The first-order valence-electron chi connectivity index (χ1n) is 7.15. The van der Waals surface area contributed by atoms with Crippen LogP contribution in [0.5, 0.6) is 0 Å². The Morgan fingerprint density at radius 2 is 2.29 bits per heavy atom. The number of anilines is 1. The highest BCUT2D eigenvalue weighted by Crippen LogP contribution is 2.24. The number of carbonyl (C=O) groups is 1. The van der Waals surface area contributed by atoms with Crippen molar-refractivity contribution >= 4 is 29.0 Å². The molecule has 0 aliphatic carbocycles. The molecule has 0 saturated carbocycles. The fourth-order valence-corrected chi connectivity index (χ4v) is 2.84. The standard InChI is InChI=1S/C15H17N5O3S/c1-4-8-19-11(3)17-18-15(19)24-10(2)14(21)16-12-6-5-7-13(9-12)20(22)23/h4-7,9-10H,1,8H2,2-3H3,(H,16,21). The van der Waals surface area contributed by atoms with Crippen LogP contribution in [-0.2, 0) is 11.3 Å². The van der Waals surface area contributed by atoms with Crippen LogP contribution in [0.15, 0.2) is 42.1 Å². The second-order valence-corrected chi connectivity index (χ2v) is 6.29. The molecule has 0 saturated heterocycles. The van der Waals surface area contributed by atoms with E-state index in [1.54, 1.807) is 19.1 Å². The van der Waals surface area contributed by atoms with Gasteiger partial charge in [-0.05, 0) is 19.9 Å². The predicted molar refractivity (Wildman–Crippen MR) is 92.0 cm³/mol. The molecule has 1 aromatic carbocycles. The molecule has 126 valence electrons. The van der Waals surface area contributed by atoms with Crippen molar-refractivity contribution in [3.8, 4) is 0 Å². The summed E-state index contributed by atoms with van der Waals surface area (Å²) in [4.78, 5) is 22.6. The molecule has 0 radical (unpaired) electrons. The molecule has 1 unspecified atom stereocenters. The Labute approximate surface area is 143 Å². The van der Waals surface area contributed by atoms with E-state index in [4.69, 9.17) is 0 Å². The number of nitrogens with one attached hydrogen (secondary N) is 1. The number of hydrogen-bond donors (Lipinski definition) is 1. The number of nitro groups is 1. The van der Waals surface area contributed by atoms with Crippen molar-refractivity contribution in [3.63, 3.8) is 0 Å². The van der Waals surface area contributed by atoms with Gasteiger partial charge in [-0.15, -0.1) is 16.8 Å².